The molecule has 0 aromatic carbocycles. The molecule has 0 saturated heterocycles. The molecule has 0 unspecified atom stereocenters. The van der Waals surface area contributed by atoms with E-state index in [0.29, 0.717) is 5.65 Å². The predicted octanol–water partition coefficient (Wildman–Crippen LogP) is 0.507. The average Bonchev–Trinajstić information content (AvgIpc) is 2.75. The van der Waals surface area contributed by atoms with Crippen LogP contribution >= 0.6 is 0 Å². The highest BCUT2D eigenvalue weighted by Crippen LogP contribution is 2.22. The van der Waals surface area contributed by atoms with Crippen molar-refractivity contribution in [1.29, 1.82) is 0 Å². The summed E-state index contributed by atoms with van der Waals surface area (Å²) in [6.07, 6.45) is 5.59. The fraction of sp³-hybridized carbons (Fsp3) is 0. The van der Waals surface area contributed by atoms with E-state index < -0.39 is 10.0 Å². The summed E-state index contributed by atoms with van der Waals surface area (Å²) in [7, 11) is -3.88. The van der Waals surface area contributed by atoms with Gasteiger partial charge in [-0.3, -0.25) is 9.12 Å². The van der Waals surface area contributed by atoms with Gasteiger partial charge in [0.15, 0.2) is 5.82 Å². The van der Waals surface area contributed by atoms with Crippen LogP contribution in [0, 0.1) is 0 Å². The van der Waals surface area contributed by atoms with Crippen LogP contribution in [0.1, 0.15) is 0 Å². The van der Waals surface area contributed by atoms with Crippen LogP contribution in [0.15, 0.2) is 48.1 Å². The lowest BCUT2D eigenvalue weighted by Crippen LogP contribution is -2.16. The Kier molecular flexibility index (Phi) is 2.75. The average molecular weight is 290 g/mol. The zero-order valence-corrected chi connectivity index (χ0v) is 10.9. The van der Waals surface area contributed by atoms with Crippen molar-refractivity contribution in [2.75, 3.05) is 10.5 Å². The van der Waals surface area contributed by atoms with E-state index in [4.69, 9.17) is 5.73 Å². The normalized spacial score (nSPS) is 11.6. The Hall–Kier alpha value is -2.68. The molecular weight excluding hydrogens is 280 g/mol. The highest BCUT2D eigenvalue weighted by atomic mass is 32.2. The van der Waals surface area contributed by atoms with E-state index in [2.05, 4.69) is 19.7 Å². The molecule has 0 aliphatic heterocycles. The molecule has 0 amide bonds. The summed E-state index contributed by atoms with van der Waals surface area (Å²) in [6.45, 7) is 0. The molecule has 3 aromatic rings. The molecule has 0 fully saturated rings. The van der Waals surface area contributed by atoms with Crippen molar-refractivity contribution in [2.24, 2.45) is 0 Å². The molecule has 0 atom stereocenters. The zero-order valence-electron chi connectivity index (χ0n) is 10.1. The van der Waals surface area contributed by atoms with Gasteiger partial charge in [-0.25, -0.2) is 15.0 Å². The highest BCUT2D eigenvalue weighted by Gasteiger charge is 2.24. The number of nitrogens with one attached hydrogen (secondary N) is 1. The minimum atomic E-state index is -3.88. The standard InChI is InChI=1S/C11H10N6O2S/c12-10-11(17-4-2-1-3-9(17)15-10)20(18,19)16-8-5-13-7-14-6-8/h1-7,16H,12H2. The van der Waals surface area contributed by atoms with Crippen molar-refractivity contribution in [3.63, 3.8) is 0 Å². The van der Waals surface area contributed by atoms with E-state index in [0.717, 1.165) is 0 Å². The van der Waals surface area contributed by atoms with Crippen molar-refractivity contribution < 1.29 is 8.42 Å². The Balaban J connectivity index is 2.12. The molecule has 0 saturated carbocycles. The van der Waals surface area contributed by atoms with Gasteiger partial charge in [-0.2, -0.15) is 8.42 Å². The molecule has 0 aliphatic rings. The Bertz CT molecular complexity index is 859. The maximum atomic E-state index is 12.4. The molecule has 0 aliphatic carbocycles. The van der Waals surface area contributed by atoms with Crippen molar-refractivity contribution in [3.05, 3.63) is 43.1 Å². The van der Waals surface area contributed by atoms with E-state index in [1.54, 1.807) is 24.4 Å². The topological polar surface area (TPSA) is 115 Å². The molecule has 3 heterocycles. The van der Waals surface area contributed by atoms with E-state index in [1.807, 2.05) is 0 Å². The number of nitrogen functional groups attached to an aromatic ring is 1. The van der Waals surface area contributed by atoms with Gasteiger partial charge in [0, 0.05) is 6.20 Å². The lowest BCUT2D eigenvalue weighted by Gasteiger charge is -2.07. The first-order valence-corrected chi connectivity index (χ1v) is 7.06. The Labute approximate surface area is 114 Å². The summed E-state index contributed by atoms with van der Waals surface area (Å²) < 4.78 is 28.5. The number of anilines is 2. The summed E-state index contributed by atoms with van der Waals surface area (Å²) in [5.41, 5.74) is 6.41. The second-order valence-corrected chi connectivity index (χ2v) is 5.56. The number of rotatable bonds is 3. The molecular formula is C11H10N6O2S. The molecule has 0 spiro atoms. The molecule has 3 rings (SSSR count). The van der Waals surface area contributed by atoms with Crippen LogP contribution in [0.25, 0.3) is 5.65 Å². The number of hydrogen-bond donors (Lipinski definition) is 2. The Morgan fingerprint density at radius 3 is 2.70 bits per heavy atom. The van der Waals surface area contributed by atoms with Crippen LogP contribution in [0.2, 0.25) is 0 Å². The number of nitrogens with two attached hydrogens (primary N) is 1. The molecule has 3 N–H and O–H groups in total. The van der Waals surface area contributed by atoms with Crippen LogP contribution in [-0.4, -0.2) is 27.8 Å². The van der Waals surface area contributed by atoms with Crippen molar-refractivity contribution >= 4 is 27.2 Å². The van der Waals surface area contributed by atoms with Crippen LogP contribution < -0.4 is 10.5 Å². The highest BCUT2D eigenvalue weighted by molar-refractivity contribution is 7.92. The number of nitrogens with zero attached hydrogens (tertiary/aromatic N) is 4. The predicted molar refractivity (Wildman–Crippen MR) is 72.4 cm³/mol. The SMILES string of the molecule is Nc1nc2ccccn2c1S(=O)(=O)Nc1cncnc1. The lowest BCUT2D eigenvalue weighted by molar-refractivity contribution is 0.597. The van der Waals surface area contributed by atoms with Gasteiger partial charge in [-0.1, -0.05) is 6.07 Å². The zero-order chi connectivity index (χ0) is 14.2. The molecule has 8 nitrogen and oxygen atoms in total. The fourth-order valence-corrected chi connectivity index (χ4v) is 3.06. The van der Waals surface area contributed by atoms with Crippen LogP contribution in [0.3, 0.4) is 0 Å². The summed E-state index contributed by atoms with van der Waals surface area (Å²) in [6, 6.07) is 5.11. The van der Waals surface area contributed by atoms with Crippen LogP contribution in [0.4, 0.5) is 11.5 Å². The number of pyridine rings is 1. The van der Waals surface area contributed by atoms with Crippen LogP contribution in [0.5, 0.6) is 0 Å². The fourth-order valence-electron chi connectivity index (χ4n) is 1.81. The molecule has 0 bridgehead atoms. The van der Waals surface area contributed by atoms with Crippen molar-refractivity contribution in [3.8, 4) is 0 Å². The second kappa shape index (κ2) is 4.46. The Morgan fingerprint density at radius 2 is 1.95 bits per heavy atom. The number of aromatic nitrogens is 4. The maximum Gasteiger partial charge on any atom is 0.281 e. The van der Waals surface area contributed by atoms with Gasteiger partial charge in [-0.05, 0) is 12.1 Å². The van der Waals surface area contributed by atoms with E-state index in [1.165, 1.54) is 23.1 Å². The van der Waals surface area contributed by atoms with Gasteiger partial charge >= 0.3 is 0 Å². The van der Waals surface area contributed by atoms with Gasteiger partial charge in [0.05, 0.1) is 18.1 Å². The molecule has 3 aromatic heterocycles. The molecule has 102 valence electrons. The molecule has 20 heavy (non-hydrogen) atoms. The van der Waals surface area contributed by atoms with Gasteiger partial charge in [0.2, 0.25) is 5.03 Å². The van der Waals surface area contributed by atoms with Crippen molar-refractivity contribution in [1.82, 2.24) is 19.4 Å². The first-order valence-electron chi connectivity index (χ1n) is 5.58. The van der Waals surface area contributed by atoms with E-state index in [9.17, 15) is 8.42 Å². The third-order valence-electron chi connectivity index (χ3n) is 2.58. The van der Waals surface area contributed by atoms with Gasteiger partial charge in [0.25, 0.3) is 10.0 Å². The lowest BCUT2D eigenvalue weighted by atomic mass is 10.5. The second-order valence-electron chi connectivity index (χ2n) is 3.96. The van der Waals surface area contributed by atoms with E-state index in [-0.39, 0.29) is 16.5 Å². The number of hydrogen-bond acceptors (Lipinski definition) is 6. The third-order valence-corrected chi connectivity index (χ3v) is 4.00. The van der Waals surface area contributed by atoms with Crippen LogP contribution in [-0.2, 0) is 10.0 Å². The number of fused-ring (bicyclic) bond motifs is 1. The molecule has 9 heteroatoms. The third kappa shape index (κ3) is 2.03. The summed E-state index contributed by atoms with van der Waals surface area (Å²) in [4.78, 5) is 11.5. The van der Waals surface area contributed by atoms with Gasteiger partial charge in [0.1, 0.15) is 12.0 Å². The monoisotopic (exact) mass is 290 g/mol. The summed E-state index contributed by atoms with van der Waals surface area (Å²) >= 11 is 0. The minimum Gasteiger partial charge on any atom is -0.381 e. The van der Waals surface area contributed by atoms with Crippen molar-refractivity contribution in [2.45, 2.75) is 5.03 Å². The van der Waals surface area contributed by atoms with E-state index >= 15 is 0 Å². The first-order chi connectivity index (χ1) is 9.58. The minimum absolute atomic E-state index is 0.0689. The quantitative estimate of drug-likeness (QED) is 0.726. The maximum absolute atomic E-state index is 12.4. The smallest absolute Gasteiger partial charge is 0.281 e. The first kappa shape index (κ1) is 12.4. The van der Waals surface area contributed by atoms with Gasteiger partial charge < -0.3 is 5.73 Å². The summed E-state index contributed by atoms with van der Waals surface area (Å²) in [5.74, 6) is -0.0689. The Morgan fingerprint density at radius 1 is 1.20 bits per heavy atom. The summed E-state index contributed by atoms with van der Waals surface area (Å²) in [5, 5.41) is -0.114. The number of imidazole rings is 1. The largest absolute Gasteiger partial charge is 0.381 e. The van der Waals surface area contributed by atoms with Gasteiger partial charge in [-0.15, -0.1) is 0 Å². The molecule has 0 radical (unpaired) electrons. The number of sulfonamides is 1.